The number of halogens is 3. The Hall–Kier alpha value is -0.910. The minimum absolute atomic E-state index is 0.281. The van der Waals surface area contributed by atoms with Crippen LogP contribution in [0.3, 0.4) is 0 Å². The highest BCUT2D eigenvalue weighted by Crippen LogP contribution is 2.32. The second-order valence-electron chi connectivity index (χ2n) is 2.48. The number of alkyl halides is 3. The van der Waals surface area contributed by atoms with E-state index in [1.807, 2.05) is 0 Å². The highest BCUT2D eigenvalue weighted by Gasteiger charge is 2.18. The van der Waals surface area contributed by atoms with E-state index in [0.29, 0.717) is 5.69 Å². The van der Waals surface area contributed by atoms with Crippen molar-refractivity contribution in [2.45, 2.75) is 11.8 Å². The van der Waals surface area contributed by atoms with Gasteiger partial charge in [-0.25, -0.2) is 13.8 Å². The van der Waals surface area contributed by atoms with Crippen LogP contribution in [0.15, 0.2) is 6.07 Å². The van der Waals surface area contributed by atoms with Gasteiger partial charge in [0.1, 0.15) is 17.2 Å². The molecule has 0 atom stereocenters. The molecule has 1 N–H and O–H groups in total. The van der Waals surface area contributed by atoms with E-state index < -0.39 is 17.9 Å². The summed E-state index contributed by atoms with van der Waals surface area (Å²) < 4.78 is 29.5. The van der Waals surface area contributed by atoms with Gasteiger partial charge in [0.15, 0.2) is 0 Å². The molecule has 0 saturated carbocycles. The number of ether oxygens (including phenoxy) is 1. The van der Waals surface area contributed by atoms with Crippen molar-refractivity contribution in [3.05, 3.63) is 17.5 Å². The number of nitrogens with zero attached hydrogens (tertiary/aromatic N) is 1. The Morgan fingerprint density at radius 2 is 2.29 bits per heavy atom. The van der Waals surface area contributed by atoms with Crippen molar-refractivity contribution in [1.29, 1.82) is 0 Å². The highest BCUT2D eigenvalue weighted by molar-refractivity contribution is 9.08. The second kappa shape index (κ2) is 4.54. The minimum Gasteiger partial charge on any atom is -0.506 e. The van der Waals surface area contributed by atoms with E-state index in [1.54, 1.807) is 0 Å². The predicted octanol–water partition coefficient (Wildman–Crippen LogP) is 2.63. The summed E-state index contributed by atoms with van der Waals surface area (Å²) in [5.41, 5.74) is -0.291. The topological polar surface area (TPSA) is 42.4 Å². The van der Waals surface area contributed by atoms with E-state index in [0.717, 1.165) is 6.07 Å². The fourth-order valence-corrected chi connectivity index (χ4v) is 1.37. The molecule has 0 bridgehead atoms. The van der Waals surface area contributed by atoms with E-state index in [-0.39, 0.29) is 11.1 Å². The Labute approximate surface area is 87.9 Å². The summed E-state index contributed by atoms with van der Waals surface area (Å²) >= 11 is 3.09. The van der Waals surface area contributed by atoms with Gasteiger partial charge >= 0.3 is 0 Å². The normalized spacial score (nSPS) is 10.6. The van der Waals surface area contributed by atoms with Gasteiger partial charge in [-0.15, -0.1) is 0 Å². The molecule has 0 aliphatic carbocycles. The number of pyridine rings is 1. The van der Waals surface area contributed by atoms with Gasteiger partial charge in [0.25, 0.3) is 6.43 Å². The maximum absolute atomic E-state index is 12.3. The van der Waals surface area contributed by atoms with Crippen molar-refractivity contribution < 1.29 is 18.6 Å². The van der Waals surface area contributed by atoms with Crippen LogP contribution in [0.1, 0.15) is 17.8 Å². The second-order valence-corrected chi connectivity index (χ2v) is 3.04. The number of hydrogen-bond acceptors (Lipinski definition) is 3. The summed E-state index contributed by atoms with van der Waals surface area (Å²) in [5.74, 6) is -0.273. The molecule has 0 fully saturated rings. The molecule has 1 heterocycles. The molecule has 0 aliphatic heterocycles. The number of hydrogen-bond donors (Lipinski definition) is 1. The zero-order chi connectivity index (χ0) is 10.7. The summed E-state index contributed by atoms with van der Waals surface area (Å²) in [4.78, 5) is 3.59. The average molecular weight is 268 g/mol. The van der Waals surface area contributed by atoms with Crippen LogP contribution in [0, 0.1) is 0 Å². The van der Waals surface area contributed by atoms with Crippen LogP contribution in [-0.2, 0) is 5.33 Å². The van der Waals surface area contributed by atoms with E-state index >= 15 is 0 Å². The lowest BCUT2D eigenvalue weighted by molar-refractivity contribution is 0.141. The van der Waals surface area contributed by atoms with Crippen LogP contribution in [-0.4, -0.2) is 17.2 Å². The number of aromatic nitrogens is 1. The molecule has 3 nitrogen and oxygen atoms in total. The Bertz CT molecular complexity index is 333. The summed E-state index contributed by atoms with van der Waals surface area (Å²) in [7, 11) is 1.38. The third-order valence-corrected chi connectivity index (χ3v) is 2.15. The first-order valence-electron chi connectivity index (χ1n) is 3.71. The van der Waals surface area contributed by atoms with Crippen LogP contribution in [0.4, 0.5) is 8.78 Å². The molecule has 1 rings (SSSR count). The van der Waals surface area contributed by atoms with Gasteiger partial charge in [0.2, 0.25) is 0 Å². The van der Waals surface area contributed by atoms with Crippen LogP contribution >= 0.6 is 15.9 Å². The smallest absolute Gasteiger partial charge is 0.284 e. The van der Waals surface area contributed by atoms with Crippen molar-refractivity contribution >= 4 is 15.9 Å². The molecule has 0 aliphatic rings. The Morgan fingerprint density at radius 3 is 2.71 bits per heavy atom. The SMILES string of the molecule is COc1cc(O)c(C(F)F)nc1CBr. The maximum atomic E-state index is 12.3. The molecule has 0 amide bonds. The van der Waals surface area contributed by atoms with Crippen molar-refractivity contribution in [1.82, 2.24) is 4.98 Å². The first kappa shape index (κ1) is 11.2. The molecular weight excluding hydrogens is 260 g/mol. The molecule has 6 heteroatoms. The molecule has 1 aromatic rings. The van der Waals surface area contributed by atoms with Crippen molar-refractivity contribution in [2.75, 3.05) is 7.11 Å². The molecule has 0 unspecified atom stereocenters. The third kappa shape index (κ3) is 2.12. The third-order valence-electron chi connectivity index (χ3n) is 1.62. The average Bonchev–Trinajstić information content (AvgIpc) is 2.16. The van der Waals surface area contributed by atoms with E-state index in [4.69, 9.17) is 4.74 Å². The van der Waals surface area contributed by atoms with E-state index in [1.165, 1.54) is 7.11 Å². The molecule has 0 spiro atoms. The fourth-order valence-electron chi connectivity index (χ4n) is 0.972. The molecule has 14 heavy (non-hydrogen) atoms. The minimum atomic E-state index is -2.79. The van der Waals surface area contributed by atoms with Gasteiger partial charge in [0, 0.05) is 11.4 Å². The summed E-state index contributed by atoms with van der Waals surface area (Å²) in [6.07, 6.45) is -2.79. The van der Waals surface area contributed by atoms with Crippen molar-refractivity contribution in [2.24, 2.45) is 0 Å². The van der Waals surface area contributed by atoms with Gasteiger partial charge in [-0.1, -0.05) is 15.9 Å². The van der Waals surface area contributed by atoms with Gasteiger partial charge in [-0.05, 0) is 0 Å². The zero-order valence-corrected chi connectivity index (χ0v) is 8.88. The maximum Gasteiger partial charge on any atom is 0.284 e. The highest BCUT2D eigenvalue weighted by atomic mass is 79.9. The number of rotatable bonds is 3. The van der Waals surface area contributed by atoms with Crippen LogP contribution in [0.2, 0.25) is 0 Å². The van der Waals surface area contributed by atoms with Gasteiger partial charge in [0.05, 0.1) is 12.8 Å². The fraction of sp³-hybridized carbons (Fsp3) is 0.375. The van der Waals surface area contributed by atoms with Crippen LogP contribution in [0.5, 0.6) is 11.5 Å². The van der Waals surface area contributed by atoms with E-state index in [2.05, 4.69) is 20.9 Å². The molecule has 0 radical (unpaired) electrons. The predicted molar refractivity (Wildman–Crippen MR) is 50.0 cm³/mol. The molecule has 78 valence electrons. The van der Waals surface area contributed by atoms with Gasteiger partial charge < -0.3 is 9.84 Å². The lowest BCUT2D eigenvalue weighted by atomic mass is 10.2. The molecule has 0 aromatic carbocycles. The van der Waals surface area contributed by atoms with Crippen molar-refractivity contribution in [3.63, 3.8) is 0 Å². The molecular formula is C8H8BrF2NO2. The number of methoxy groups -OCH3 is 1. The first-order chi connectivity index (χ1) is 6.60. The van der Waals surface area contributed by atoms with Crippen LogP contribution < -0.4 is 4.74 Å². The summed E-state index contributed by atoms with van der Waals surface area (Å²) in [5, 5.41) is 9.46. The molecule has 0 saturated heterocycles. The Balaban J connectivity index is 3.23. The lowest BCUT2D eigenvalue weighted by Gasteiger charge is -2.09. The Kier molecular flexibility index (Phi) is 3.62. The quantitative estimate of drug-likeness (QED) is 0.857. The van der Waals surface area contributed by atoms with Gasteiger partial charge in [-0.2, -0.15) is 0 Å². The first-order valence-corrected chi connectivity index (χ1v) is 4.83. The molecule has 1 aromatic heterocycles. The lowest BCUT2D eigenvalue weighted by Crippen LogP contribution is -1.98. The van der Waals surface area contributed by atoms with Crippen molar-refractivity contribution in [3.8, 4) is 11.5 Å². The van der Waals surface area contributed by atoms with Gasteiger partial charge in [-0.3, -0.25) is 0 Å². The van der Waals surface area contributed by atoms with Crippen LogP contribution in [0.25, 0.3) is 0 Å². The van der Waals surface area contributed by atoms with E-state index in [9.17, 15) is 13.9 Å². The Morgan fingerprint density at radius 1 is 1.64 bits per heavy atom. The largest absolute Gasteiger partial charge is 0.506 e. The summed E-state index contributed by atoms with van der Waals surface area (Å²) in [6, 6.07) is 1.13. The standard InChI is InChI=1S/C8H8BrF2NO2/c1-14-6-2-5(13)7(8(10)11)12-4(6)3-9/h2,8,13H,3H2,1H3. The summed E-state index contributed by atoms with van der Waals surface area (Å²) in [6.45, 7) is 0. The number of aromatic hydroxyl groups is 1. The monoisotopic (exact) mass is 267 g/mol. The zero-order valence-electron chi connectivity index (χ0n) is 7.30.